The summed E-state index contributed by atoms with van der Waals surface area (Å²) in [6.45, 7) is 9.29. The van der Waals surface area contributed by atoms with Crippen molar-refractivity contribution in [1.29, 1.82) is 0 Å². The Labute approximate surface area is 129 Å². The molecule has 1 aromatic rings. The Morgan fingerprint density at radius 1 is 1.29 bits per heavy atom. The number of methoxy groups -OCH3 is 1. The molecule has 1 heterocycles. The van der Waals surface area contributed by atoms with Gasteiger partial charge in [0.05, 0.1) is 7.11 Å². The Bertz CT molecular complexity index is 402. The van der Waals surface area contributed by atoms with Crippen molar-refractivity contribution in [3.63, 3.8) is 0 Å². The largest absolute Gasteiger partial charge is 0.497 e. The SMILES string of the molecule is COc1ccc(CCN2CCCC(CNC(C)C)C2)cc1. The van der Waals surface area contributed by atoms with E-state index in [-0.39, 0.29) is 0 Å². The van der Waals surface area contributed by atoms with Crippen LogP contribution in [0.15, 0.2) is 24.3 Å². The van der Waals surface area contributed by atoms with Crippen molar-refractivity contribution in [2.75, 3.05) is 33.3 Å². The van der Waals surface area contributed by atoms with Crippen molar-refractivity contribution in [3.05, 3.63) is 29.8 Å². The summed E-state index contributed by atoms with van der Waals surface area (Å²) in [5.41, 5.74) is 1.40. The molecule has 1 aromatic carbocycles. The van der Waals surface area contributed by atoms with Gasteiger partial charge in [-0.25, -0.2) is 0 Å². The molecule has 3 heteroatoms. The minimum atomic E-state index is 0.597. The van der Waals surface area contributed by atoms with Crippen LogP contribution >= 0.6 is 0 Å². The summed E-state index contributed by atoms with van der Waals surface area (Å²) in [6.07, 6.45) is 3.85. The van der Waals surface area contributed by atoms with E-state index in [0.717, 1.165) is 24.6 Å². The van der Waals surface area contributed by atoms with Gasteiger partial charge in [0.2, 0.25) is 0 Å². The Morgan fingerprint density at radius 2 is 2.05 bits per heavy atom. The first-order chi connectivity index (χ1) is 10.2. The van der Waals surface area contributed by atoms with Crippen LogP contribution in [0.4, 0.5) is 0 Å². The van der Waals surface area contributed by atoms with Crippen LogP contribution < -0.4 is 10.1 Å². The molecule has 0 bridgehead atoms. The monoisotopic (exact) mass is 290 g/mol. The zero-order chi connectivity index (χ0) is 15.1. The van der Waals surface area contributed by atoms with E-state index < -0.39 is 0 Å². The summed E-state index contributed by atoms with van der Waals surface area (Å²) in [7, 11) is 1.72. The fraction of sp³-hybridized carbons (Fsp3) is 0.667. The molecule has 0 amide bonds. The number of rotatable bonds is 7. The Morgan fingerprint density at radius 3 is 2.71 bits per heavy atom. The highest BCUT2D eigenvalue weighted by Gasteiger charge is 2.19. The number of hydrogen-bond acceptors (Lipinski definition) is 3. The fourth-order valence-corrected chi connectivity index (χ4v) is 3.00. The fourth-order valence-electron chi connectivity index (χ4n) is 3.00. The molecule has 1 unspecified atom stereocenters. The molecule has 1 N–H and O–H groups in total. The molecule has 1 aliphatic rings. The van der Waals surface area contributed by atoms with Gasteiger partial charge in [-0.2, -0.15) is 0 Å². The molecule has 21 heavy (non-hydrogen) atoms. The van der Waals surface area contributed by atoms with Crippen LogP contribution in [0.1, 0.15) is 32.3 Å². The van der Waals surface area contributed by atoms with Gasteiger partial charge in [0.15, 0.2) is 0 Å². The van der Waals surface area contributed by atoms with Gasteiger partial charge in [0, 0.05) is 19.1 Å². The van der Waals surface area contributed by atoms with Crippen LogP contribution in [0, 0.1) is 5.92 Å². The van der Waals surface area contributed by atoms with Crippen molar-refractivity contribution in [3.8, 4) is 5.75 Å². The highest BCUT2D eigenvalue weighted by Crippen LogP contribution is 2.17. The van der Waals surface area contributed by atoms with E-state index in [1.807, 2.05) is 0 Å². The van der Waals surface area contributed by atoms with Gasteiger partial charge in [0.25, 0.3) is 0 Å². The normalized spacial score (nSPS) is 19.9. The first-order valence-corrected chi connectivity index (χ1v) is 8.26. The molecule has 0 saturated carbocycles. The van der Waals surface area contributed by atoms with Gasteiger partial charge >= 0.3 is 0 Å². The molecule has 1 fully saturated rings. The molecule has 2 rings (SSSR count). The summed E-state index contributed by atoms with van der Waals surface area (Å²) in [5.74, 6) is 1.76. The second kappa shape index (κ2) is 8.40. The maximum absolute atomic E-state index is 5.21. The van der Waals surface area contributed by atoms with Crippen molar-refractivity contribution >= 4 is 0 Å². The average molecular weight is 290 g/mol. The molecule has 1 atom stereocenters. The number of likely N-dealkylation sites (tertiary alicyclic amines) is 1. The van der Waals surface area contributed by atoms with Crippen LogP contribution in [0.25, 0.3) is 0 Å². The first-order valence-electron chi connectivity index (χ1n) is 8.26. The maximum atomic E-state index is 5.21. The van der Waals surface area contributed by atoms with Crippen molar-refractivity contribution < 1.29 is 4.74 Å². The molecule has 0 aromatic heterocycles. The van der Waals surface area contributed by atoms with Gasteiger partial charge in [0.1, 0.15) is 5.75 Å². The number of hydrogen-bond donors (Lipinski definition) is 1. The van der Waals surface area contributed by atoms with Gasteiger partial charge in [-0.1, -0.05) is 26.0 Å². The quantitative estimate of drug-likeness (QED) is 0.835. The Hall–Kier alpha value is -1.06. The van der Waals surface area contributed by atoms with E-state index in [9.17, 15) is 0 Å². The lowest BCUT2D eigenvalue weighted by atomic mass is 9.97. The number of benzene rings is 1. The summed E-state index contributed by atoms with van der Waals surface area (Å²) in [5, 5.41) is 3.58. The highest BCUT2D eigenvalue weighted by molar-refractivity contribution is 5.27. The zero-order valence-electron chi connectivity index (χ0n) is 13.8. The number of nitrogens with zero attached hydrogens (tertiary/aromatic N) is 1. The lowest BCUT2D eigenvalue weighted by Crippen LogP contribution is -2.41. The Balaban J connectivity index is 1.74. The minimum Gasteiger partial charge on any atom is -0.497 e. The van der Waals surface area contributed by atoms with Crippen LogP contribution in [0.5, 0.6) is 5.75 Å². The van der Waals surface area contributed by atoms with Crippen molar-refractivity contribution in [2.45, 2.75) is 39.2 Å². The summed E-state index contributed by atoms with van der Waals surface area (Å²) in [4.78, 5) is 2.63. The average Bonchev–Trinajstić information content (AvgIpc) is 2.52. The molecule has 118 valence electrons. The molecule has 1 saturated heterocycles. The molecular formula is C18H30N2O. The second-order valence-electron chi connectivity index (χ2n) is 6.47. The molecule has 0 radical (unpaired) electrons. The van der Waals surface area contributed by atoms with E-state index >= 15 is 0 Å². The van der Waals surface area contributed by atoms with Crippen LogP contribution in [-0.4, -0.2) is 44.2 Å². The smallest absolute Gasteiger partial charge is 0.118 e. The predicted octanol–water partition coefficient (Wildman–Crippen LogP) is 2.95. The Kier molecular flexibility index (Phi) is 6.52. The molecule has 3 nitrogen and oxygen atoms in total. The summed E-state index contributed by atoms with van der Waals surface area (Å²) >= 11 is 0. The lowest BCUT2D eigenvalue weighted by Gasteiger charge is -2.33. The predicted molar refractivity (Wildman–Crippen MR) is 89.0 cm³/mol. The van der Waals surface area contributed by atoms with Gasteiger partial charge < -0.3 is 15.0 Å². The van der Waals surface area contributed by atoms with Crippen molar-refractivity contribution in [1.82, 2.24) is 10.2 Å². The summed E-state index contributed by atoms with van der Waals surface area (Å²) < 4.78 is 5.21. The highest BCUT2D eigenvalue weighted by atomic mass is 16.5. The van der Waals surface area contributed by atoms with Gasteiger partial charge in [-0.05, 0) is 56.0 Å². The number of piperidine rings is 1. The lowest BCUT2D eigenvalue weighted by molar-refractivity contribution is 0.172. The minimum absolute atomic E-state index is 0.597. The maximum Gasteiger partial charge on any atom is 0.118 e. The van der Waals surface area contributed by atoms with E-state index in [4.69, 9.17) is 4.74 Å². The van der Waals surface area contributed by atoms with Crippen LogP contribution in [-0.2, 0) is 6.42 Å². The third-order valence-electron chi connectivity index (χ3n) is 4.29. The third-order valence-corrected chi connectivity index (χ3v) is 4.29. The topological polar surface area (TPSA) is 24.5 Å². The van der Waals surface area contributed by atoms with Crippen molar-refractivity contribution in [2.24, 2.45) is 5.92 Å². The third kappa shape index (κ3) is 5.68. The van der Waals surface area contributed by atoms with Crippen LogP contribution in [0.2, 0.25) is 0 Å². The molecule has 1 aliphatic heterocycles. The second-order valence-corrected chi connectivity index (χ2v) is 6.47. The first kappa shape index (κ1) is 16.3. The standard InChI is InChI=1S/C18H30N2O/c1-15(2)19-13-17-5-4-11-20(14-17)12-10-16-6-8-18(21-3)9-7-16/h6-9,15,17,19H,4-5,10-14H2,1-3H3. The van der Waals surface area contributed by atoms with E-state index in [1.54, 1.807) is 7.11 Å². The van der Waals surface area contributed by atoms with E-state index in [1.165, 1.54) is 38.0 Å². The number of ether oxygens (including phenoxy) is 1. The van der Waals surface area contributed by atoms with E-state index in [2.05, 4.69) is 48.3 Å². The molecular weight excluding hydrogens is 260 g/mol. The van der Waals surface area contributed by atoms with Crippen LogP contribution in [0.3, 0.4) is 0 Å². The van der Waals surface area contributed by atoms with Gasteiger partial charge in [-0.3, -0.25) is 0 Å². The number of nitrogens with one attached hydrogen (secondary N) is 1. The molecule has 0 spiro atoms. The zero-order valence-corrected chi connectivity index (χ0v) is 13.8. The van der Waals surface area contributed by atoms with E-state index in [0.29, 0.717) is 6.04 Å². The molecule has 0 aliphatic carbocycles. The summed E-state index contributed by atoms with van der Waals surface area (Å²) in [6, 6.07) is 9.07. The van der Waals surface area contributed by atoms with Gasteiger partial charge in [-0.15, -0.1) is 0 Å².